The highest BCUT2D eigenvalue weighted by atomic mass is 127. The molecule has 0 spiro atoms. The smallest absolute Gasteiger partial charge is 0.0715 e. The van der Waals surface area contributed by atoms with Gasteiger partial charge in [-0.3, -0.25) is 0 Å². The van der Waals surface area contributed by atoms with Crippen molar-refractivity contribution < 1.29 is 5.11 Å². The number of fused-ring (bicyclic) bond motifs is 1. The van der Waals surface area contributed by atoms with Gasteiger partial charge in [0, 0.05) is 0 Å². The summed E-state index contributed by atoms with van der Waals surface area (Å²) < 4.78 is 2.01. The number of aliphatic hydroxyl groups is 1. The van der Waals surface area contributed by atoms with Gasteiger partial charge in [-0.2, -0.15) is 0 Å². The van der Waals surface area contributed by atoms with Crippen LogP contribution in [-0.2, 0) is 0 Å². The largest absolute Gasteiger partial charge is 0.389 e. The van der Waals surface area contributed by atoms with Crippen molar-refractivity contribution in [1.29, 1.82) is 0 Å². The molecule has 0 aromatic rings. The van der Waals surface area contributed by atoms with E-state index in [0.29, 0.717) is 5.92 Å². The molecule has 2 heteroatoms. The van der Waals surface area contributed by atoms with Crippen molar-refractivity contribution >= 4 is 22.6 Å². The average Bonchev–Trinajstić information content (AvgIpc) is 2.43. The molecule has 0 bridgehead atoms. The molecule has 0 saturated heterocycles. The van der Waals surface area contributed by atoms with Crippen LogP contribution in [0.3, 0.4) is 0 Å². The third-order valence-electron chi connectivity index (χ3n) is 3.53. The summed E-state index contributed by atoms with van der Waals surface area (Å²) >= 11 is 2.22. The van der Waals surface area contributed by atoms with Crippen LogP contribution >= 0.6 is 22.6 Å². The molecule has 0 heterocycles. The number of hydrogen-bond acceptors (Lipinski definition) is 1. The maximum absolute atomic E-state index is 10.2. The molecule has 0 amide bonds. The van der Waals surface area contributed by atoms with E-state index >= 15 is 0 Å². The van der Waals surface area contributed by atoms with Crippen molar-refractivity contribution in [3.8, 4) is 0 Å². The molecular weight excluding hydrogens is 263 g/mol. The summed E-state index contributed by atoms with van der Waals surface area (Å²) in [6.07, 6.45) is 7.98. The molecule has 0 aromatic carbocycles. The van der Waals surface area contributed by atoms with E-state index < -0.39 is 0 Å². The van der Waals surface area contributed by atoms with Crippen molar-refractivity contribution in [3.63, 3.8) is 0 Å². The normalized spacial score (nSPS) is 46.2. The third kappa shape index (κ3) is 1.33. The lowest BCUT2D eigenvalue weighted by molar-refractivity contribution is -0.122. The summed E-state index contributed by atoms with van der Waals surface area (Å²) in [6.45, 7) is 0. The summed E-state index contributed by atoms with van der Waals surface area (Å²) in [5.74, 6) is 1.49. The first-order chi connectivity index (χ1) is 5.76. The molecule has 3 atom stereocenters. The average molecular weight is 278 g/mol. The standard InChI is InChI=1S/C10H15IO/c11-6-2-5-10(12)7-8-3-1-4-9(8)10/h2,6,8-9,12H,1,3-5,7H2/b6-2+. The van der Waals surface area contributed by atoms with Crippen LogP contribution < -0.4 is 0 Å². The molecule has 1 nitrogen and oxygen atoms in total. The Kier molecular flexibility index (Phi) is 2.47. The fourth-order valence-corrected chi connectivity index (χ4v) is 3.17. The van der Waals surface area contributed by atoms with E-state index in [-0.39, 0.29) is 5.60 Å². The van der Waals surface area contributed by atoms with Crippen LogP contribution in [0.15, 0.2) is 10.2 Å². The number of rotatable bonds is 2. The maximum atomic E-state index is 10.2. The van der Waals surface area contributed by atoms with Gasteiger partial charge in [0.2, 0.25) is 0 Å². The van der Waals surface area contributed by atoms with Crippen LogP contribution in [0, 0.1) is 11.8 Å². The van der Waals surface area contributed by atoms with Crippen LogP contribution in [0.4, 0.5) is 0 Å². The Morgan fingerprint density at radius 3 is 3.00 bits per heavy atom. The van der Waals surface area contributed by atoms with Crippen molar-refractivity contribution in [2.24, 2.45) is 11.8 Å². The van der Waals surface area contributed by atoms with Gasteiger partial charge >= 0.3 is 0 Å². The minimum absolute atomic E-state index is 0.317. The lowest BCUT2D eigenvalue weighted by atomic mass is 9.61. The molecule has 12 heavy (non-hydrogen) atoms. The first-order valence-electron chi connectivity index (χ1n) is 4.74. The molecule has 1 N–H and O–H groups in total. The first-order valence-corrected chi connectivity index (χ1v) is 5.98. The highest BCUT2D eigenvalue weighted by Crippen LogP contribution is 2.55. The predicted octanol–water partition coefficient (Wildman–Crippen LogP) is 2.88. The summed E-state index contributed by atoms with van der Waals surface area (Å²) in [5, 5.41) is 10.2. The Balaban J connectivity index is 1.95. The summed E-state index contributed by atoms with van der Waals surface area (Å²) in [5.41, 5.74) is -0.317. The quantitative estimate of drug-likeness (QED) is 0.770. The van der Waals surface area contributed by atoms with Gasteiger partial charge in [0.15, 0.2) is 0 Å². The van der Waals surface area contributed by atoms with Crippen LogP contribution in [0.5, 0.6) is 0 Å². The van der Waals surface area contributed by atoms with E-state index in [2.05, 4.69) is 28.7 Å². The van der Waals surface area contributed by atoms with Crippen LogP contribution in [0.1, 0.15) is 32.1 Å². The minimum atomic E-state index is -0.317. The second kappa shape index (κ2) is 3.29. The van der Waals surface area contributed by atoms with Gasteiger partial charge < -0.3 is 5.11 Å². The molecule has 0 aromatic heterocycles. The maximum Gasteiger partial charge on any atom is 0.0715 e. The highest BCUT2D eigenvalue weighted by molar-refractivity contribution is 14.1. The molecular formula is C10H15IO. The monoisotopic (exact) mass is 278 g/mol. The number of halogens is 1. The van der Waals surface area contributed by atoms with Crippen LogP contribution in [0.2, 0.25) is 0 Å². The topological polar surface area (TPSA) is 20.2 Å². The van der Waals surface area contributed by atoms with E-state index in [9.17, 15) is 5.11 Å². The Hall–Kier alpha value is 0.430. The zero-order chi connectivity index (χ0) is 8.60. The minimum Gasteiger partial charge on any atom is -0.389 e. The van der Waals surface area contributed by atoms with E-state index in [1.165, 1.54) is 19.3 Å². The van der Waals surface area contributed by atoms with Crippen molar-refractivity contribution in [3.05, 3.63) is 10.2 Å². The van der Waals surface area contributed by atoms with Crippen molar-refractivity contribution in [1.82, 2.24) is 0 Å². The zero-order valence-corrected chi connectivity index (χ0v) is 9.33. The van der Waals surface area contributed by atoms with Gasteiger partial charge in [0.1, 0.15) is 0 Å². The SMILES string of the molecule is OC1(C/C=C/I)CC2CCCC21. The molecule has 2 saturated carbocycles. The lowest BCUT2D eigenvalue weighted by Crippen LogP contribution is -2.51. The summed E-state index contributed by atoms with van der Waals surface area (Å²) in [4.78, 5) is 0. The Labute approximate surface area is 87.4 Å². The van der Waals surface area contributed by atoms with E-state index in [1.54, 1.807) is 0 Å². The Morgan fingerprint density at radius 1 is 1.50 bits per heavy atom. The van der Waals surface area contributed by atoms with E-state index in [1.807, 2.05) is 4.08 Å². The molecule has 3 unspecified atom stereocenters. The molecule has 0 aliphatic heterocycles. The van der Waals surface area contributed by atoms with Crippen molar-refractivity contribution in [2.75, 3.05) is 0 Å². The van der Waals surface area contributed by atoms with Crippen LogP contribution in [-0.4, -0.2) is 10.7 Å². The third-order valence-corrected chi connectivity index (χ3v) is 4.03. The second-order valence-corrected chi connectivity index (χ2v) is 4.89. The molecule has 2 aliphatic rings. The highest BCUT2D eigenvalue weighted by Gasteiger charge is 2.53. The van der Waals surface area contributed by atoms with Crippen molar-refractivity contribution in [2.45, 2.75) is 37.7 Å². The molecule has 2 rings (SSSR count). The van der Waals surface area contributed by atoms with Gasteiger partial charge in [-0.15, -0.1) is 0 Å². The van der Waals surface area contributed by atoms with Gasteiger partial charge in [-0.1, -0.05) is 35.1 Å². The molecule has 0 radical (unpaired) electrons. The molecule has 2 aliphatic carbocycles. The summed E-state index contributed by atoms with van der Waals surface area (Å²) in [7, 11) is 0. The van der Waals surface area contributed by atoms with Crippen LogP contribution in [0.25, 0.3) is 0 Å². The van der Waals surface area contributed by atoms with Gasteiger partial charge in [0.05, 0.1) is 5.60 Å². The van der Waals surface area contributed by atoms with E-state index in [0.717, 1.165) is 18.8 Å². The fraction of sp³-hybridized carbons (Fsp3) is 0.800. The molecule has 2 fully saturated rings. The van der Waals surface area contributed by atoms with E-state index in [4.69, 9.17) is 0 Å². The zero-order valence-electron chi connectivity index (χ0n) is 7.17. The Morgan fingerprint density at radius 2 is 2.33 bits per heavy atom. The van der Waals surface area contributed by atoms with Gasteiger partial charge in [-0.05, 0) is 41.6 Å². The summed E-state index contributed by atoms with van der Waals surface area (Å²) in [6, 6.07) is 0. The van der Waals surface area contributed by atoms with Gasteiger partial charge in [0.25, 0.3) is 0 Å². The lowest BCUT2D eigenvalue weighted by Gasteiger charge is -2.48. The first kappa shape index (κ1) is 9.00. The second-order valence-electron chi connectivity index (χ2n) is 4.17. The Bertz CT molecular complexity index is 202. The predicted molar refractivity (Wildman–Crippen MR) is 58.2 cm³/mol. The number of hydrogen-bond donors (Lipinski definition) is 1. The molecule has 68 valence electrons. The fourth-order valence-electron chi connectivity index (χ4n) is 2.92. The van der Waals surface area contributed by atoms with Gasteiger partial charge in [-0.25, -0.2) is 0 Å².